The van der Waals surface area contributed by atoms with Gasteiger partial charge >= 0.3 is 0 Å². The summed E-state index contributed by atoms with van der Waals surface area (Å²) >= 11 is 2.06. The lowest BCUT2D eigenvalue weighted by atomic mass is 10.1. The van der Waals surface area contributed by atoms with Gasteiger partial charge in [-0.05, 0) is 58.3 Å². The van der Waals surface area contributed by atoms with Crippen LogP contribution >= 0.6 is 11.8 Å². The van der Waals surface area contributed by atoms with E-state index in [0.29, 0.717) is 4.75 Å². The van der Waals surface area contributed by atoms with Crippen molar-refractivity contribution in [2.75, 3.05) is 25.4 Å². The third-order valence-corrected chi connectivity index (χ3v) is 6.07. The molecule has 6 heteroatoms. The molecule has 2 N–H and O–H groups in total. The molecule has 0 saturated carbocycles. The summed E-state index contributed by atoms with van der Waals surface area (Å²) in [6.45, 7) is 11.3. The molecule has 1 aromatic heterocycles. The van der Waals surface area contributed by atoms with Crippen LogP contribution in [-0.4, -0.2) is 45.9 Å². The van der Waals surface area contributed by atoms with E-state index in [2.05, 4.69) is 55.2 Å². The fraction of sp³-hybridized carbons (Fsp3) is 0.765. The molecule has 1 aliphatic heterocycles. The van der Waals surface area contributed by atoms with E-state index in [1.165, 1.54) is 29.9 Å². The predicted molar refractivity (Wildman–Crippen MR) is 100 cm³/mol. The fourth-order valence-corrected chi connectivity index (χ4v) is 4.26. The van der Waals surface area contributed by atoms with Crippen LogP contribution in [0, 0.1) is 13.8 Å². The smallest absolute Gasteiger partial charge is 0.191 e. The molecular weight excluding hydrogens is 306 g/mol. The highest BCUT2D eigenvalue weighted by molar-refractivity contribution is 8.00. The van der Waals surface area contributed by atoms with Gasteiger partial charge in [-0.25, -0.2) is 0 Å². The number of nitrogens with zero attached hydrogens (tertiary/aromatic N) is 3. The van der Waals surface area contributed by atoms with Gasteiger partial charge in [-0.3, -0.25) is 9.67 Å². The van der Waals surface area contributed by atoms with E-state index in [9.17, 15) is 0 Å². The largest absolute Gasteiger partial charge is 0.357 e. The van der Waals surface area contributed by atoms with Crippen LogP contribution < -0.4 is 10.6 Å². The van der Waals surface area contributed by atoms with Gasteiger partial charge in [-0.2, -0.15) is 16.9 Å². The van der Waals surface area contributed by atoms with Gasteiger partial charge in [0.05, 0.1) is 12.2 Å². The third-order valence-electron chi connectivity index (χ3n) is 4.54. The van der Waals surface area contributed by atoms with Crippen LogP contribution in [0.25, 0.3) is 0 Å². The fourth-order valence-electron chi connectivity index (χ4n) is 3.03. The zero-order chi connectivity index (χ0) is 16.9. The minimum atomic E-state index is 0.318. The SMILES string of the molecule is CCNC(=NCC1(C)CCCS1)NCCc1c(C)nn(C)c1C. The first-order valence-corrected chi connectivity index (χ1v) is 9.59. The Bertz CT molecular complexity index is 543. The molecule has 1 fully saturated rings. The lowest BCUT2D eigenvalue weighted by molar-refractivity contribution is 0.614. The van der Waals surface area contributed by atoms with E-state index in [0.717, 1.165) is 37.7 Å². The van der Waals surface area contributed by atoms with Crippen LogP contribution in [0.1, 0.15) is 43.6 Å². The predicted octanol–water partition coefficient (Wildman–Crippen LogP) is 2.42. The first kappa shape index (κ1) is 18.2. The second kappa shape index (κ2) is 8.08. The summed E-state index contributed by atoms with van der Waals surface area (Å²) in [6, 6.07) is 0. The van der Waals surface area contributed by atoms with Gasteiger partial charge < -0.3 is 10.6 Å². The summed E-state index contributed by atoms with van der Waals surface area (Å²) in [5, 5.41) is 11.3. The molecule has 1 unspecified atom stereocenters. The van der Waals surface area contributed by atoms with Crippen molar-refractivity contribution in [2.45, 2.75) is 51.7 Å². The van der Waals surface area contributed by atoms with Crippen molar-refractivity contribution in [3.63, 3.8) is 0 Å². The Morgan fingerprint density at radius 3 is 2.74 bits per heavy atom. The Balaban J connectivity index is 1.89. The van der Waals surface area contributed by atoms with E-state index in [1.807, 2.05) is 11.7 Å². The first-order valence-electron chi connectivity index (χ1n) is 8.60. The summed E-state index contributed by atoms with van der Waals surface area (Å²) in [4.78, 5) is 4.80. The summed E-state index contributed by atoms with van der Waals surface area (Å²) in [5.41, 5.74) is 3.72. The lowest BCUT2D eigenvalue weighted by Gasteiger charge is -2.21. The molecule has 0 radical (unpaired) electrons. The van der Waals surface area contributed by atoms with Crippen LogP contribution in [0.3, 0.4) is 0 Å². The molecule has 1 saturated heterocycles. The number of rotatable bonds is 6. The molecule has 1 atom stereocenters. The van der Waals surface area contributed by atoms with Gasteiger partial charge in [0, 0.05) is 30.6 Å². The number of hydrogen-bond acceptors (Lipinski definition) is 3. The first-order chi connectivity index (χ1) is 10.9. The average Bonchev–Trinajstić information content (AvgIpc) is 3.04. The van der Waals surface area contributed by atoms with E-state index >= 15 is 0 Å². The van der Waals surface area contributed by atoms with Crippen molar-refractivity contribution >= 4 is 17.7 Å². The molecule has 1 aliphatic rings. The van der Waals surface area contributed by atoms with Crippen LogP contribution in [0.15, 0.2) is 4.99 Å². The molecule has 5 nitrogen and oxygen atoms in total. The number of aryl methyl sites for hydroxylation is 2. The lowest BCUT2D eigenvalue weighted by Crippen LogP contribution is -2.39. The van der Waals surface area contributed by atoms with Crippen molar-refractivity contribution in [1.29, 1.82) is 0 Å². The molecule has 2 heterocycles. The minimum Gasteiger partial charge on any atom is -0.357 e. The van der Waals surface area contributed by atoms with Gasteiger partial charge in [-0.15, -0.1) is 0 Å². The Hall–Kier alpha value is -1.17. The molecule has 0 aromatic carbocycles. The standard InChI is InChI=1S/C17H31N5S/c1-6-18-16(20-12-17(4)9-7-11-23-17)19-10-8-15-13(2)21-22(5)14(15)3/h6-12H2,1-5H3,(H2,18,19,20). The third kappa shape index (κ3) is 4.90. The zero-order valence-electron chi connectivity index (χ0n) is 15.2. The monoisotopic (exact) mass is 337 g/mol. The maximum Gasteiger partial charge on any atom is 0.191 e. The summed E-state index contributed by atoms with van der Waals surface area (Å²) in [5.74, 6) is 2.20. The van der Waals surface area contributed by atoms with Gasteiger partial charge in [0.25, 0.3) is 0 Å². The quantitative estimate of drug-likeness (QED) is 0.618. The number of thioether (sulfide) groups is 1. The maximum absolute atomic E-state index is 4.80. The number of nitrogens with one attached hydrogen (secondary N) is 2. The Labute approximate surface area is 144 Å². The van der Waals surface area contributed by atoms with Crippen LogP contribution in [0.2, 0.25) is 0 Å². The normalized spacial score (nSPS) is 21.7. The summed E-state index contributed by atoms with van der Waals surface area (Å²) in [7, 11) is 2.00. The van der Waals surface area contributed by atoms with Gasteiger partial charge in [0.15, 0.2) is 5.96 Å². The average molecular weight is 338 g/mol. The topological polar surface area (TPSA) is 54.2 Å². The van der Waals surface area contributed by atoms with E-state index < -0.39 is 0 Å². The minimum absolute atomic E-state index is 0.318. The molecule has 130 valence electrons. The molecule has 0 aliphatic carbocycles. The summed E-state index contributed by atoms with van der Waals surface area (Å²) < 4.78 is 2.28. The maximum atomic E-state index is 4.80. The van der Waals surface area contributed by atoms with Gasteiger partial charge in [0.1, 0.15) is 0 Å². The van der Waals surface area contributed by atoms with Crippen LogP contribution in [0.5, 0.6) is 0 Å². The molecule has 0 bridgehead atoms. The van der Waals surface area contributed by atoms with E-state index in [-0.39, 0.29) is 0 Å². The van der Waals surface area contributed by atoms with Crippen molar-refractivity contribution in [3.8, 4) is 0 Å². The van der Waals surface area contributed by atoms with Crippen LogP contribution in [-0.2, 0) is 13.5 Å². The second-order valence-electron chi connectivity index (χ2n) is 6.55. The molecule has 2 rings (SSSR count). The number of aliphatic imine (C=N–C) groups is 1. The Kier molecular flexibility index (Phi) is 6.39. The number of guanidine groups is 1. The highest BCUT2D eigenvalue weighted by Crippen LogP contribution is 2.37. The molecular formula is C17H31N5S. The Morgan fingerprint density at radius 1 is 1.39 bits per heavy atom. The van der Waals surface area contributed by atoms with Crippen molar-refractivity contribution in [1.82, 2.24) is 20.4 Å². The number of aromatic nitrogens is 2. The van der Waals surface area contributed by atoms with Crippen molar-refractivity contribution in [2.24, 2.45) is 12.0 Å². The highest BCUT2D eigenvalue weighted by atomic mass is 32.2. The number of hydrogen-bond donors (Lipinski definition) is 2. The second-order valence-corrected chi connectivity index (χ2v) is 8.23. The van der Waals surface area contributed by atoms with Crippen LogP contribution in [0.4, 0.5) is 0 Å². The van der Waals surface area contributed by atoms with Crippen molar-refractivity contribution in [3.05, 3.63) is 17.0 Å². The van der Waals surface area contributed by atoms with E-state index in [1.54, 1.807) is 0 Å². The van der Waals surface area contributed by atoms with Gasteiger partial charge in [-0.1, -0.05) is 0 Å². The molecule has 0 amide bonds. The van der Waals surface area contributed by atoms with Gasteiger partial charge in [0.2, 0.25) is 0 Å². The summed E-state index contributed by atoms with van der Waals surface area (Å²) in [6.07, 6.45) is 3.57. The Morgan fingerprint density at radius 2 is 2.17 bits per heavy atom. The van der Waals surface area contributed by atoms with E-state index in [4.69, 9.17) is 4.99 Å². The zero-order valence-corrected chi connectivity index (χ0v) is 16.0. The molecule has 1 aromatic rings. The van der Waals surface area contributed by atoms with Crippen molar-refractivity contribution < 1.29 is 0 Å². The molecule has 23 heavy (non-hydrogen) atoms. The highest BCUT2D eigenvalue weighted by Gasteiger charge is 2.29. The molecule has 0 spiro atoms.